The van der Waals surface area contributed by atoms with Gasteiger partial charge in [0, 0.05) is 37.3 Å². The molecule has 2 aromatic heterocycles. The first-order valence-corrected chi connectivity index (χ1v) is 8.70. The van der Waals surface area contributed by atoms with Crippen LogP contribution in [-0.4, -0.2) is 46.7 Å². The van der Waals surface area contributed by atoms with Crippen molar-refractivity contribution in [2.45, 2.75) is 39.8 Å². The third-order valence-corrected chi connectivity index (χ3v) is 4.27. The molecule has 2 aromatic rings. The van der Waals surface area contributed by atoms with Crippen LogP contribution in [0.2, 0.25) is 0 Å². The van der Waals surface area contributed by atoms with Crippen molar-refractivity contribution in [3.8, 4) is 5.88 Å². The first-order valence-electron chi connectivity index (χ1n) is 8.70. The Labute approximate surface area is 171 Å². The lowest BCUT2D eigenvalue weighted by Crippen LogP contribution is -2.41. The first-order chi connectivity index (χ1) is 12.2. The molecule has 1 fully saturated rings. The summed E-state index contributed by atoms with van der Waals surface area (Å²) in [6.07, 6.45) is 2.82. The number of aryl methyl sites for hydroxylation is 2. The molecule has 1 N–H and O–H groups in total. The number of aromatic nitrogens is 2. The van der Waals surface area contributed by atoms with Crippen LogP contribution in [0, 0.1) is 13.8 Å². The van der Waals surface area contributed by atoms with Gasteiger partial charge in [0.1, 0.15) is 11.9 Å². The Morgan fingerprint density at radius 1 is 1.42 bits per heavy atom. The molecule has 0 amide bonds. The Morgan fingerprint density at radius 2 is 2.27 bits per heavy atom. The monoisotopic (exact) mass is 471 g/mol. The quantitative estimate of drug-likeness (QED) is 0.411. The molecule has 0 spiro atoms. The zero-order chi connectivity index (χ0) is 17.6. The van der Waals surface area contributed by atoms with Crippen LogP contribution in [0.4, 0.5) is 0 Å². The van der Waals surface area contributed by atoms with Gasteiger partial charge in [-0.05, 0) is 26.8 Å². The average Bonchev–Trinajstić information content (AvgIpc) is 3.20. The molecule has 0 radical (unpaired) electrons. The van der Waals surface area contributed by atoms with Crippen LogP contribution >= 0.6 is 24.0 Å². The van der Waals surface area contributed by atoms with Crippen molar-refractivity contribution < 1.29 is 9.26 Å². The predicted molar refractivity (Wildman–Crippen MR) is 111 cm³/mol. The van der Waals surface area contributed by atoms with E-state index in [9.17, 15) is 0 Å². The SMILES string of the molecule is CCNC(=NCc1c(C)noc1C)N1CCC(Oc2ccccn2)C1.I. The second-order valence-corrected chi connectivity index (χ2v) is 6.12. The predicted octanol–water partition coefficient (Wildman–Crippen LogP) is 2.92. The maximum atomic E-state index is 5.96. The van der Waals surface area contributed by atoms with Gasteiger partial charge in [0.05, 0.1) is 18.8 Å². The number of rotatable bonds is 5. The summed E-state index contributed by atoms with van der Waals surface area (Å²) < 4.78 is 11.2. The number of pyridine rings is 1. The molecule has 3 rings (SSSR count). The number of nitrogens with zero attached hydrogens (tertiary/aromatic N) is 4. The summed E-state index contributed by atoms with van der Waals surface area (Å²) in [4.78, 5) is 11.2. The van der Waals surface area contributed by atoms with Crippen LogP contribution in [0.15, 0.2) is 33.9 Å². The lowest BCUT2D eigenvalue weighted by atomic mass is 10.2. The van der Waals surface area contributed by atoms with Crippen molar-refractivity contribution in [3.63, 3.8) is 0 Å². The highest BCUT2D eigenvalue weighted by Gasteiger charge is 2.26. The third-order valence-electron chi connectivity index (χ3n) is 4.27. The van der Waals surface area contributed by atoms with Gasteiger partial charge in [-0.1, -0.05) is 11.2 Å². The molecule has 1 unspecified atom stereocenters. The van der Waals surface area contributed by atoms with Crippen LogP contribution in [0.5, 0.6) is 5.88 Å². The van der Waals surface area contributed by atoms with Gasteiger partial charge in [-0.25, -0.2) is 9.98 Å². The summed E-state index contributed by atoms with van der Waals surface area (Å²) in [5.41, 5.74) is 1.95. The molecule has 26 heavy (non-hydrogen) atoms. The maximum Gasteiger partial charge on any atom is 0.213 e. The topological polar surface area (TPSA) is 75.8 Å². The van der Waals surface area contributed by atoms with Crippen molar-refractivity contribution in [2.24, 2.45) is 4.99 Å². The van der Waals surface area contributed by atoms with E-state index in [1.165, 1.54) is 0 Å². The highest BCUT2D eigenvalue weighted by Crippen LogP contribution is 2.17. The molecule has 0 aromatic carbocycles. The Hall–Kier alpha value is -1.84. The summed E-state index contributed by atoms with van der Waals surface area (Å²) in [5.74, 6) is 2.40. The minimum Gasteiger partial charge on any atom is -0.472 e. The lowest BCUT2D eigenvalue weighted by Gasteiger charge is -2.21. The van der Waals surface area contributed by atoms with Crippen LogP contribution < -0.4 is 10.1 Å². The van der Waals surface area contributed by atoms with Crippen LogP contribution in [-0.2, 0) is 6.54 Å². The fraction of sp³-hybridized carbons (Fsp3) is 0.500. The molecule has 0 saturated carbocycles. The second kappa shape index (κ2) is 9.75. The highest BCUT2D eigenvalue weighted by atomic mass is 127. The summed E-state index contributed by atoms with van der Waals surface area (Å²) in [6, 6.07) is 5.71. The lowest BCUT2D eigenvalue weighted by molar-refractivity contribution is 0.205. The van der Waals surface area contributed by atoms with Gasteiger partial charge in [-0.2, -0.15) is 0 Å². The number of halogens is 1. The molecule has 1 aliphatic heterocycles. The van der Waals surface area contributed by atoms with E-state index in [1.54, 1.807) is 6.20 Å². The van der Waals surface area contributed by atoms with E-state index in [1.807, 2.05) is 32.0 Å². The summed E-state index contributed by atoms with van der Waals surface area (Å²) in [5, 5.41) is 7.36. The summed E-state index contributed by atoms with van der Waals surface area (Å²) >= 11 is 0. The minimum absolute atomic E-state index is 0. The largest absolute Gasteiger partial charge is 0.472 e. The molecule has 8 heteroatoms. The molecular formula is C18H26IN5O2. The number of aliphatic imine (C=N–C) groups is 1. The molecule has 1 atom stereocenters. The molecule has 7 nitrogen and oxygen atoms in total. The van der Waals surface area contributed by atoms with Crippen LogP contribution in [0.3, 0.4) is 0 Å². The Morgan fingerprint density at radius 3 is 2.92 bits per heavy atom. The number of likely N-dealkylation sites (tertiary alicyclic amines) is 1. The smallest absolute Gasteiger partial charge is 0.213 e. The zero-order valence-electron chi connectivity index (χ0n) is 15.4. The highest BCUT2D eigenvalue weighted by molar-refractivity contribution is 14.0. The third kappa shape index (κ3) is 5.09. The molecule has 0 aliphatic carbocycles. The van der Waals surface area contributed by atoms with E-state index in [2.05, 4.69) is 27.3 Å². The van der Waals surface area contributed by atoms with Gasteiger partial charge in [-0.3, -0.25) is 0 Å². The van der Waals surface area contributed by atoms with Gasteiger partial charge in [0.25, 0.3) is 0 Å². The molecule has 142 valence electrons. The minimum atomic E-state index is 0. The van der Waals surface area contributed by atoms with E-state index in [-0.39, 0.29) is 30.1 Å². The molecule has 1 aliphatic rings. The standard InChI is InChI=1S/C18H25N5O2.HI/c1-4-19-18(21-11-16-13(2)22-25-14(16)3)23-10-8-15(12-23)24-17-7-5-6-9-20-17;/h5-7,9,15H,4,8,10-12H2,1-3H3,(H,19,21);1H. The fourth-order valence-electron chi connectivity index (χ4n) is 2.91. The maximum absolute atomic E-state index is 5.96. The molecule has 1 saturated heterocycles. The van der Waals surface area contributed by atoms with Gasteiger partial charge >= 0.3 is 0 Å². The number of ether oxygens (including phenoxy) is 1. The number of hydrogen-bond acceptors (Lipinski definition) is 5. The van der Waals surface area contributed by atoms with Gasteiger partial charge < -0.3 is 19.5 Å². The summed E-state index contributed by atoms with van der Waals surface area (Å²) in [6.45, 7) is 9.03. The molecule has 0 bridgehead atoms. The fourth-order valence-corrected chi connectivity index (χ4v) is 2.91. The van der Waals surface area contributed by atoms with Crippen molar-refractivity contribution in [3.05, 3.63) is 41.4 Å². The number of guanidine groups is 1. The van der Waals surface area contributed by atoms with Crippen LogP contribution in [0.1, 0.15) is 30.4 Å². The zero-order valence-corrected chi connectivity index (χ0v) is 17.8. The van der Waals surface area contributed by atoms with Gasteiger partial charge in [0.2, 0.25) is 5.88 Å². The number of hydrogen-bond donors (Lipinski definition) is 1. The van der Waals surface area contributed by atoms with Crippen LogP contribution in [0.25, 0.3) is 0 Å². The van der Waals surface area contributed by atoms with E-state index < -0.39 is 0 Å². The van der Waals surface area contributed by atoms with Crippen molar-refractivity contribution in [2.75, 3.05) is 19.6 Å². The molecular weight excluding hydrogens is 445 g/mol. The normalized spacial score (nSPS) is 17.1. The van der Waals surface area contributed by atoms with Crippen molar-refractivity contribution in [1.82, 2.24) is 20.4 Å². The average molecular weight is 471 g/mol. The van der Waals surface area contributed by atoms with E-state index in [0.29, 0.717) is 12.4 Å². The molecule has 3 heterocycles. The Balaban J connectivity index is 0.00000243. The Kier molecular flexibility index (Phi) is 7.67. The van der Waals surface area contributed by atoms with E-state index in [0.717, 1.165) is 49.0 Å². The Bertz CT molecular complexity index is 700. The van der Waals surface area contributed by atoms with Crippen molar-refractivity contribution >= 4 is 29.9 Å². The number of nitrogens with one attached hydrogen (secondary N) is 1. The van der Waals surface area contributed by atoms with E-state index in [4.69, 9.17) is 14.3 Å². The van der Waals surface area contributed by atoms with Gasteiger partial charge in [-0.15, -0.1) is 24.0 Å². The van der Waals surface area contributed by atoms with Crippen molar-refractivity contribution in [1.29, 1.82) is 0 Å². The second-order valence-electron chi connectivity index (χ2n) is 6.12. The van der Waals surface area contributed by atoms with Gasteiger partial charge in [0.15, 0.2) is 5.96 Å². The summed E-state index contributed by atoms with van der Waals surface area (Å²) in [7, 11) is 0. The first kappa shape index (κ1) is 20.5. The van der Waals surface area contributed by atoms with E-state index >= 15 is 0 Å².